The summed E-state index contributed by atoms with van der Waals surface area (Å²) in [5.74, 6) is 2.25. The molecule has 0 saturated carbocycles. The topological polar surface area (TPSA) is 52.6 Å². The molecule has 0 bridgehead atoms. The first-order chi connectivity index (χ1) is 18.0. The fourth-order valence-electron chi connectivity index (χ4n) is 3.79. The van der Waals surface area contributed by atoms with Crippen molar-refractivity contribution in [1.29, 1.82) is 0 Å². The van der Waals surface area contributed by atoms with Crippen LogP contribution >= 0.6 is 53.4 Å². The largest absolute Gasteiger partial charge is 0.465 e. The van der Waals surface area contributed by atoms with Crippen molar-refractivity contribution in [2.45, 2.75) is 152 Å². The summed E-state index contributed by atoms with van der Waals surface area (Å²) >= 11 is 6.66. The van der Waals surface area contributed by atoms with Crippen molar-refractivity contribution < 1.29 is 19.1 Å². The van der Waals surface area contributed by atoms with Gasteiger partial charge in [-0.3, -0.25) is 9.59 Å². The van der Waals surface area contributed by atoms with Gasteiger partial charge < -0.3 is 9.47 Å². The smallest absolute Gasteiger partial charge is 0.322 e. The molecular formula is C30H56Br2O4S2. The van der Waals surface area contributed by atoms with E-state index in [1.807, 2.05) is 27.7 Å². The van der Waals surface area contributed by atoms with E-state index in [1.165, 1.54) is 101 Å². The Kier molecular flexibility index (Phi) is 25.7. The zero-order valence-corrected chi connectivity index (χ0v) is 29.6. The molecule has 0 radical (unpaired) electrons. The van der Waals surface area contributed by atoms with E-state index in [9.17, 15) is 9.59 Å². The van der Waals surface area contributed by atoms with Crippen LogP contribution in [0.1, 0.15) is 143 Å². The molecule has 0 atom stereocenters. The third kappa shape index (κ3) is 26.8. The minimum absolute atomic E-state index is 0.169. The standard InChI is InChI=1S/C30H56Br2O4S2/c1-29(2,31)27(33)35-23-19-15-11-7-5-9-13-17-21-25-37-38-26-22-18-14-10-6-8-12-16-20-24-36-28(34)30(3,4)32/h5-26H2,1-4H3. The number of hydrogen-bond acceptors (Lipinski definition) is 6. The van der Waals surface area contributed by atoms with Crippen LogP contribution in [0, 0.1) is 0 Å². The average molecular weight is 705 g/mol. The molecule has 0 amide bonds. The molecular weight excluding hydrogens is 648 g/mol. The van der Waals surface area contributed by atoms with Crippen molar-refractivity contribution in [3.05, 3.63) is 0 Å². The number of esters is 2. The maximum atomic E-state index is 11.6. The molecule has 0 spiro atoms. The molecule has 0 aromatic carbocycles. The van der Waals surface area contributed by atoms with Gasteiger partial charge in [-0.2, -0.15) is 0 Å². The van der Waals surface area contributed by atoms with Gasteiger partial charge in [0.15, 0.2) is 0 Å². The van der Waals surface area contributed by atoms with Crippen LogP contribution in [0.4, 0.5) is 0 Å². The lowest BCUT2D eigenvalue weighted by Gasteiger charge is -2.14. The molecule has 0 fully saturated rings. The molecule has 0 N–H and O–H groups in total. The Labute approximate surface area is 259 Å². The molecule has 0 aromatic rings. The minimum atomic E-state index is -0.571. The first kappa shape index (κ1) is 38.6. The summed E-state index contributed by atoms with van der Waals surface area (Å²) in [4.78, 5) is 23.3. The van der Waals surface area contributed by atoms with Crippen molar-refractivity contribution >= 4 is 65.4 Å². The Morgan fingerprint density at radius 3 is 0.974 bits per heavy atom. The summed E-state index contributed by atoms with van der Waals surface area (Å²) in [5, 5.41) is 0. The van der Waals surface area contributed by atoms with Crippen LogP contribution in [0.5, 0.6) is 0 Å². The summed E-state index contributed by atoms with van der Waals surface area (Å²) in [5.41, 5.74) is 0. The number of ether oxygens (including phenoxy) is 2. The van der Waals surface area contributed by atoms with Crippen LogP contribution in [0.2, 0.25) is 0 Å². The highest BCUT2D eigenvalue weighted by Gasteiger charge is 2.25. The third-order valence-corrected chi connectivity index (χ3v) is 9.49. The van der Waals surface area contributed by atoms with Gasteiger partial charge >= 0.3 is 11.9 Å². The fraction of sp³-hybridized carbons (Fsp3) is 0.933. The van der Waals surface area contributed by atoms with E-state index in [0.29, 0.717) is 13.2 Å². The van der Waals surface area contributed by atoms with E-state index >= 15 is 0 Å². The molecule has 4 nitrogen and oxygen atoms in total. The summed E-state index contributed by atoms with van der Waals surface area (Å²) in [6, 6.07) is 0. The van der Waals surface area contributed by atoms with Crippen molar-refractivity contribution in [2.75, 3.05) is 24.7 Å². The number of hydrogen-bond donors (Lipinski definition) is 0. The van der Waals surface area contributed by atoms with E-state index in [2.05, 4.69) is 53.4 Å². The Hall–Kier alpha value is 0.600. The lowest BCUT2D eigenvalue weighted by atomic mass is 10.1. The van der Waals surface area contributed by atoms with Gasteiger partial charge in [-0.05, 0) is 53.4 Å². The Bertz CT molecular complexity index is 528. The van der Waals surface area contributed by atoms with Gasteiger partial charge in [-0.1, -0.05) is 143 Å². The van der Waals surface area contributed by atoms with Crippen molar-refractivity contribution in [1.82, 2.24) is 0 Å². The van der Waals surface area contributed by atoms with Gasteiger partial charge in [-0.25, -0.2) is 0 Å². The molecule has 0 unspecified atom stereocenters. The van der Waals surface area contributed by atoms with E-state index < -0.39 is 8.65 Å². The number of unbranched alkanes of at least 4 members (excludes halogenated alkanes) is 16. The first-order valence-corrected chi connectivity index (χ1v) is 19.1. The van der Waals surface area contributed by atoms with Crippen LogP contribution in [0.3, 0.4) is 0 Å². The summed E-state index contributed by atoms with van der Waals surface area (Å²) in [6.45, 7) is 8.37. The number of rotatable bonds is 27. The van der Waals surface area contributed by atoms with E-state index in [1.54, 1.807) is 0 Å². The molecule has 0 aliphatic rings. The fourth-order valence-corrected chi connectivity index (χ4v) is 6.31. The summed E-state index contributed by atoms with van der Waals surface area (Å²) in [7, 11) is 4.13. The normalized spacial score (nSPS) is 12.1. The lowest BCUT2D eigenvalue weighted by molar-refractivity contribution is -0.146. The molecule has 8 heteroatoms. The molecule has 0 aromatic heterocycles. The highest BCUT2D eigenvalue weighted by Crippen LogP contribution is 2.25. The van der Waals surface area contributed by atoms with Crippen molar-refractivity contribution in [3.8, 4) is 0 Å². The van der Waals surface area contributed by atoms with Crippen LogP contribution in [-0.4, -0.2) is 45.3 Å². The van der Waals surface area contributed by atoms with Gasteiger partial charge in [0.1, 0.15) is 8.65 Å². The van der Waals surface area contributed by atoms with Crippen LogP contribution in [0.25, 0.3) is 0 Å². The van der Waals surface area contributed by atoms with E-state index in [-0.39, 0.29) is 11.9 Å². The highest BCUT2D eigenvalue weighted by molar-refractivity contribution is 9.10. The molecule has 0 saturated heterocycles. The minimum Gasteiger partial charge on any atom is -0.465 e. The average Bonchev–Trinajstić information content (AvgIpc) is 2.84. The Balaban J connectivity index is 3.16. The van der Waals surface area contributed by atoms with Gasteiger partial charge in [0, 0.05) is 11.5 Å². The molecule has 226 valence electrons. The maximum absolute atomic E-state index is 11.6. The Morgan fingerprint density at radius 1 is 0.474 bits per heavy atom. The zero-order valence-electron chi connectivity index (χ0n) is 24.8. The van der Waals surface area contributed by atoms with Crippen molar-refractivity contribution in [3.63, 3.8) is 0 Å². The third-order valence-electron chi connectivity index (χ3n) is 6.26. The number of carbonyl (C=O) groups is 2. The second-order valence-electron chi connectivity index (χ2n) is 11.2. The predicted molar refractivity (Wildman–Crippen MR) is 176 cm³/mol. The second-order valence-corrected chi connectivity index (χ2v) is 17.9. The lowest BCUT2D eigenvalue weighted by Crippen LogP contribution is -2.26. The number of halogens is 2. The first-order valence-electron chi connectivity index (χ1n) is 15.0. The van der Waals surface area contributed by atoms with Gasteiger partial charge in [0.2, 0.25) is 0 Å². The quantitative estimate of drug-likeness (QED) is 0.0367. The summed E-state index contributed by atoms with van der Waals surface area (Å²) < 4.78 is 9.39. The van der Waals surface area contributed by atoms with Gasteiger partial charge in [-0.15, -0.1) is 0 Å². The Morgan fingerprint density at radius 2 is 0.711 bits per heavy atom. The zero-order chi connectivity index (χ0) is 28.5. The molecule has 0 aliphatic carbocycles. The number of carbonyl (C=O) groups excluding carboxylic acids is 2. The molecule has 0 heterocycles. The highest BCUT2D eigenvalue weighted by atomic mass is 79.9. The van der Waals surface area contributed by atoms with Gasteiger partial charge in [0.25, 0.3) is 0 Å². The van der Waals surface area contributed by atoms with E-state index in [4.69, 9.17) is 9.47 Å². The number of alkyl halides is 2. The molecule has 0 rings (SSSR count). The monoisotopic (exact) mass is 702 g/mol. The summed E-state index contributed by atoms with van der Waals surface area (Å²) in [6.07, 6.45) is 22.9. The van der Waals surface area contributed by atoms with Crippen LogP contribution in [-0.2, 0) is 19.1 Å². The maximum Gasteiger partial charge on any atom is 0.322 e. The SMILES string of the molecule is CC(C)(Br)C(=O)OCCCCCCCCCCCSSCCCCCCCCCCCOC(=O)C(C)(C)Br. The second kappa shape index (κ2) is 25.3. The predicted octanol–water partition coefficient (Wildman–Crippen LogP) is 10.8. The van der Waals surface area contributed by atoms with Crippen LogP contribution in [0.15, 0.2) is 0 Å². The molecule has 38 heavy (non-hydrogen) atoms. The molecule has 0 aliphatic heterocycles. The van der Waals surface area contributed by atoms with Crippen LogP contribution < -0.4 is 0 Å². The van der Waals surface area contributed by atoms with E-state index in [0.717, 1.165) is 25.7 Å². The van der Waals surface area contributed by atoms with Crippen molar-refractivity contribution in [2.24, 2.45) is 0 Å². The van der Waals surface area contributed by atoms with Gasteiger partial charge in [0.05, 0.1) is 13.2 Å².